The molecule has 2 saturated heterocycles. The lowest BCUT2D eigenvalue weighted by Gasteiger charge is -2.44. The molecule has 3 N–H and O–H groups in total. The number of nitrogens with one attached hydrogen (secondary N) is 2. The Morgan fingerprint density at radius 1 is 1.13 bits per heavy atom. The van der Waals surface area contributed by atoms with E-state index in [-0.39, 0.29) is 35.8 Å². The number of benzene rings is 1. The average Bonchev–Trinajstić information content (AvgIpc) is 3.00. The van der Waals surface area contributed by atoms with Crippen LogP contribution in [-0.2, 0) is 11.3 Å². The van der Waals surface area contributed by atoms with Crippen molar-refractivity contribution >= 4 is 11.8 Å². The SMILES string of the molecule is O=C1NC(O)CCC1N1Cc2cc(O[C@H]3C[C@H](N4CCNCC4)C3)c(F)cc2C1=O. The molecule has 0 aromatic heterocycles. The summed E-state index contributed by atoms with van der Waals surface area (Å²) >= 11 is 0. The molecule has 8 nitrogen and oxygen atoms in total. The van der Waals surface area contributed by atoms with Crippen LogP contribution in [-0.4, -0.2) is 77.3 Å². The number of hydrogen-bond acceptors (Lipinski definition) is 6. The number of aliphatic hydroxyl groups is 1. The second kappa shape index (κ2) is 7.79. The lowest BCUT2D eigenvalue weighted by molar-refractivity contribution is -0.132. The zero-order chi connectivity index (χ0) is 20.8. The second-order valence-corrected chi connectivity index (χ2v) is 8.64. The summed E-state index contributed by atoms with van der Waals surface area (Å²) in [5, 5.41) is 15.4. The maximum atomic E-state index is 14.7. The third-order valence-corrected chi connectivity index (χ3v) is 6.72. The fraction of sp³-hybridized carbons (Fsp3) is 0.619. The summed E-state index contributed by atoms with van der Waals surface area (Å²) in [7, 11) is 0. The van der Waals surface area contributed by atoms with Crippen molar-refractivity contribution < 1.29 is 23.8 Å². The van der Waals surface area contributed by atoms with E-state index in [1.807, 2.05) is 0 Å². The van der Waals surface area contributed by atoms with Crippen LogP contribution in [0, 0.1) is 5.82 Å². The Hall–Kier alpha value is -2.23. The number of halogens is 1. The molecule has 1 aliphatic carbocycles. The molecule has 2 amide bonds. The molecule has 9 heteroatoms. The largest absolute Gasteiger partial charge is 0.487 e. The Morgan fingerprint density at radius 3 is 2.63 bits per heavy atom. The van der Waals surface area contributed by atoms with Gasteiger partial charge in [-0.2, -0.15) is 0 Å². The van der Waals surface area contributed by atoms with Gasteiger partial charge in [0, 0.05) is 57.2 Å². The normalized spacial score (nSPS) is 31.9. The van der Waals surface area contributed by atoms with Gasteiger partial charge < -0.3 is 25.4 Å². The Balaban J connectivity index is 1.24. The number of amides is 2. The topological polar surface area (TPSA) is 94.1 Å². The van der Waals surface area contributed by atoms with Crippen LogP contribution in [0.2, 0.25) is 0 Å². The van der Waals surface area contributed by atoms with E-state index in [0.717, 1.165) is 39.0 Å². The van der Waals surface area contributed by atoms with Gasteiger partial charge in [-0.15, -0.1) is 0 Å². The fourth-order valence-electron chi connectivity index (χ4n) is 4.91. The third kappa shape index (κ3) is 3.55. The van der Waals surface area contributed by atoms with E-state index in [1.165, 1.54) is 11.0 Å². The molecule has 2 unspecified atom stereocenters. The molecule has 5 rings (SSSR count). The Bertz CT molecular complexity index is 854. The highest BCUT2D eigenvalue weighted by Crippen LogP contribution is 2.35. The number of nitrogens with zero attached hydrogens (tertiary/aromatic N) is 2. The van der Waals surface area contributed by atoms with E-state index in [4.69, 9.17) is 4.74 Å². The molecule has 0 radical (unpaired) electrons. The molecular formula is C21H27FN4O4. The Labute approximate surface area is 174 Å². The molecule has 3 heterocycles. The van der Waals surface area contributed by atoms with Crippen molar-refractivity contribution in [1.29, 1.82) is 0 Å². The molecular weight excluding hydrogens is 391 g/mol. The molecule has 0 bridgehead atoms. The lowest BCUT2D eigenvalue weighted by Crippen LogP contribution is -2.55. The van der Waals surface area contributed by atoms with Gasteiger partial charge in [-0.05, 0) is 30.5 Å². The van der Waals surface area contributed by atoms with Crippen molar-refractivity contribution in [3.63, 3.8) is 0 Å². The zero-order valence-corrected chi connectivity index (χ0v) is 16.8. The molecule has 30 heavy (non-hydrogen) atoms. The molecule has 162 valence electrons. The highest BCUT2D eigenvalue weighted by atomic mass is 19.1. The van der Waals surface area contributed by atoms with E-state index >= 15 is 0 Å². The van der Waals surface area contributed by atoms with E-state index in [9.17, 15) is 19.1 Å². The van der Waals surface area contributed by atoms with E-state index in [1.54, 1.807) is 6.07 Å². The molecule has 3 aliphatic heterocycles. The summed E-state index contributed by atoms with van der Waals surface area (Å²) < 4.78 is 20.6. The summed E-state index contributed by atoms with van der Waals surface area (Å²) in [6, 6.07) is 2.68. The number of hydrogen-bond donors (Lipinski definition) is 3. The van der Waals surface area contributed by atoms with Gasteiger partial charge in [0.2, 0.25) is 5.91 Å². The highest BCUT2D eigenvalue weighted by molar-refractivity contribution is 6.01. The van der Waals surface area contributed by atoms with Gasteiger partial charge in [-0.25, -0.2) is 4.39 Å². The maximum Gasteiger partial charge on any atom is 0.255 e. The van der Waals surface area contributed by atoms with Crippen molar-refractivity contribution in [3.05, 3.63) is 29.1 Å². The van der Waals surface area contributed by atoms with Crippen LogP contribution in [0.3, 0.4) is 0 Å². The van der Waals surface area contributed by atoms with Gasteiger partial charge in [0.25, 0.3) is 5.91 Å². The minimum Gasteiger partial charge on any atom is -0.487 e. The number of carbonyl (C=O) groups excluding carboxylic acids is 2. The fourth-order valence-corrected chi connectivity index (χ4v) is 4.91. The van der Waals surface area contributed by atoms with Crippen molar-refractivity contribution in [3.8, 4) is 5.75 Å². The molecule has 2 atom stereocenters. The van der Waals surface area contributed by atoms with Gasteiger partial charge in [0.15, 0.2) is 11.6 Å². The molecule has 1 aromatic carbocycles. The second-order valence-electron chi connectivity index (χ2n) is 8.64. The quantitative estimate of drug-likeness (QED) is 0.647. The lowest BCUT2D eigenvalue weighted by atomic mass is 9.87. The zero-order valence-electron chi connectivity index (χ0n) is 16.8. The van der Waals surface area contributed by atoms with Crippen LogP contribution in [0.1, 0.15) is 41.6 Å². The van der Waals surface area contributed by atoms with Crippen molar-refractivity contribution in [2.45, 2.75) is 56.6 Å². The highest BCUT2D eigenvalue weighted by Gasteiger charge is 2.40. The van der Waals surface area contributed by atoms with Crippen LogP contribution in [0.5, 0.6) is 5.75 Å². The smallest absolute Gasteiger partial charge is 0.255 e. The van der Waals surface area contributed by atoms with Gasteiger partial charge in [0.1, 0.15) is 18.4 Å². The Kier molecular flexibility index (Phi) is 5.12. The number of piperidine rings is 1. The van der Waals surface area contributed by atoms with Crippen molar-refractivity contribution in [2.24, 2.45) is 0 Å². The van der Waals surface area contributed by atoms with Crippen LogP contribution in [0.4, 0.5) is 4.39 Å². The maximum absolute atomic E-state index is 14.7. The molecule has 4 aliphatic rings. The number of rotatable bonds is 4. The minimum atomic E-state index is -0.876. The monoisotopic (exact) mass is 418 g/mol. The summed E-state index contributed by atoms with van der Waals surface area (Å²) in [6.45, 7) is 4.32. The predicted molar refractivity (Wildman–Crippen MR) is 105 cm³/mol. The van der Waals surface area contributed by atoms with Gasteiger partial charge in [-0.1, -0.05) is 0 Å². The van der Waals surface area contributed by atoms with Crippen molar-refractivity contribution in [2.75, 3.05) is 26.2 Å². The Morgan fingerprint density at radius 2 is 1.90 bits per heavy atom. The number of ether oxygens (including phenoxy) is 1. The van der Waals surface area contributed by atoms with Gasteiger partial charge in [0.05, 0.1) is 0 Å². The van der Waals surface area contributed by atoms with Crippen LogP contribution in [0.25, 0.3) is 0 Å². The molecule has 3 fully saturated rings. The summed E-state index contributed by atoms with van der Waals surface area (Å²) in [5.41, 5.74) is 0.958. The van der Waals surface area contributed by atoms with E-state index in [0.29, 0.717) is 24.4 Å². The molecule has 1 aromatic rings. The first kappa shape index (κ1) is 19.7. The minimum absolute atomic E-state index is 0.0174. The third-order valence-electron chi connectivity index (χ3n) is 6.72. The summed E-state index contributed by atoms with van der Waals surface area (Å²) in [6.07, 6.45) is 1.64. The van der Waals surface area contributed by atoms with Gasteiger partial charge in [-0.3, -0.25) is 14.5 Å². The first-order valence-corrected chi connectivity index (χ1v) is 10.7. The van der Waals surface area contributed by atoms with Crippen LogP contribution < -0.4 is 15.4 Å². The number of aliphatic hydroxyl groups excluding tert-OH is 1. The van der Waals surface area contributed by atoms with Crippen molar-refractivity contribution in [1.82, 2.24) is 20.4 Å². The summed E-state index contributed by atoms with van der Waals surface area (Å²) in [4.78, 5) is 28.9. The average molecular weight is 418 g/mol. The van der Waals surface area contributed by atoms with Crippen LogP contribution >= 0.6 is 0 Å². The standard InChI is InChI=1S/C21H27FN4O4/c22-16-10-15-12(11-26(21(15)29)17-1-2-19(27)24-20(17)28)7-18(16)30-14-8-13(9-14)25-5-3-23-4-6-25/h7,10,13-14,17,19,23,27H,1-6,8-9,11H2,(H,24,28)/t13-,14-,17?,19?. The number of fused-ring (bicyclic) bond motifs is 1. The van der Waals surface area contributed by atoms with Gasteiger partial charge >= 0.3 is 0 Å². The first-order valence-electron chi connectivity index (χ1n) is 10.7. The molecule has 1 saturated carbocycles. The van der Waals surface area contributed by atoms with E-state index < -0.39 is 18.1 Å². The predicted octanol–water partition coefficient (Wildman–Crippen LogP) is 0.194. The number of carbonyl (C=O) groups is 2. The first-order chi connectivity index (χ1) is 14.5. The van der Waals surface area contributed by atoms with Crippen LogP contribution in [0.15, 0.2) is 12.1 Å². The molecule has 0 spiro atoms. The summed E-state index contributed by atoms with van der Waals surface area (Å²) in [5.74, 6) is -1.09. The van der Waals surface area contributed by atoms with E-state index in [2.05, 4.69) is 15.5 Å². The number of piperazine rings is 1.